The highest BCUT2D eigenvalue weighted by molar-refractivity contribution is 6.35. The van der Waals surface area contributed by atoms with Crippen molar-refractivity contribution >= 4 is 40.6 Å². The minimum atomic E-state index is -0.337. The highest BCUT2D eigenvalue weighted by atomic mass is 35.5. The molecule has 1 N–H and O–H groups in total. The number of ketones is 1. The molecule has 6 heteroatoms. The van der Waals surface area contributed by atoms with Crippen LogP contribution in [0.15, 0.2) is 23.2 Å². The van der Waals surface area contributed by atoms with Gasteiger partial charge in [0, 0.05) is 46.5 Å². The van der Waals surface area contributed by atoms with Crippen LogP contribution >= 0.6 is 23.2 Å². The predicted octanol–water partition coefficient (Wildman–Crippen LogP) is 6.37. The molecule has 182 valence electrons. The second-order valence-electron chi connectivity index (χ2n) is 12.2. The van der Waals surface area contributed by atoms with Crippen LogP contribution < -0.4 is 5.32 Å². The summed E-state index contributed by atoms with van der Waals surface area (Å²) < 4.78 is 0. The van der Waals surface area contributed by atoms with Crippen molar-refractivity contribution in [3.8, 4) is 0 Å². The number of halogens is 2. The summed E-state index contributed by atoms with van der Waals surface area (Å²) >= 11 is 12.6. The van der Waals surface area contributed by atoms with E-state index < -0.39 is 0 Å². The van der Waals surface area contributed by atoms with Crippen LogP contribution in [0, 0.1) is 34.5 Å². The standard InChI is InChI=1S/C28H34Cl2N2O2/c1-26-10-8-20-18(15-31-24-14-17(33)7-9-27(20,24)2)19(26)5-6-22(26)25(34)32-28(11-12-28)21-4-3-16(29)13-23(21)30/h3-4,13,18-20,22H,5-12,14-15H2,1-2H3,(H,32,34)/t18-,19-,20+,22?,26-,27+/m0/s1. The molecule has 5 aliphatic rings. The number of hydrogen-bond acceptors (Lipinski definition) is 3. The average molecular weight is 501 g/mol. The molecule has 1 unspecified atom stereocenters. The van der Waals surface area contributed by atoms with Crippen LogP contribution in [-0.2, 0) is 15.1 Å². The Morgan fingerprint density at radius 2 is 1.85 bits per heavy atom. The van der Waals surface area contributed by atoms with Gasteiger partial charge in [-0.15, -0.1) is 0 Å². The van der Waals surface area contributed by atoms with Crippen LogP contribution in [0.3, 0.4) is 0 Å². The first-order valence-electron chi connectivity index (χ1n) is 13.0. The van der Waals surface area contributed by atoms with Crippen molar-refractivity contribution in [1.82, 2.24) is 5.32 Å². The number of fused-ring (bicyclic) bond motifs is 5. The molecule has 0 spiro atoms. The number of aliphatic imine (C=N–C) groups is 1. The van der Waals surface area contributed by atoms with Crippen LogP contribution in [-0.4, -0.2) is 23.9 Å². The van der Waals surface area contributed by atoms with E-state index in [9.17, 15) is 9.59 Å². The normalized spacial score (nSPS) is 40.0. The molecule has 1 aliphatic heterocycles. The van der Waals surface area contributed by atoms with E-state index in [1.54, 1.807) is 6.07 Å². The lowest BCUT2D eigenvalue weighted by Gasteiger charge is -2.56. The maximum absolute atomic E-state index is 13.8. The third-order valence-electron chi connectivity index (χ3n) is 10.6. The molecule has 34 heavy (non-hydrogen) atoms. The molecule has 1 amide bonds. The van der Waals surface area contributed by atoms with E-state index in [-0.39, 0.29) is 28.2 Å². The smallest absolute Gasteiger partial charge is 0.224 e. The van der Waals surface area contributed by atoms with Crippen LogP contribution in [0.5, 0.6) is 0 Å². The van der Waals surface area contributed by atoms with Crippen LogP contribution in [0.1, 0.15) is 77.2 Å². The van der Waals surface area contributed by atoms with Gasteiger partial charge in [0.1, 0.15) is 5.78 Å². The fourth-order valence-corrected chi connectivity index (χ4v) is 9.01. The van der Waals surface area contributed by atoms with Crippen molar-refractivity contribution in [1.29, 1.82) is 0 Å². The molecular formula is C28H34Cl2N2O2. The van der Waals surface area contributed by atoms with E-state index in [4.69, 9.17) is 28.2 Å². The Morgan fingerprint density at radius 3 is 2.59 bits per heavy atom. The van der Waals surface area contributed by atoms with E-state index in [0.717, 1.165) is 62.8 Å². The summed E-state index contributed by atoms with van der Waals surface area (Å²) in [6, 6.07) is 5.60. The number of nitrogens with one attached hydrogen (secondary N) is 1. The zero-order valence-electron chi connectivity index (χ0n) is 20.1. The Bertz CT molecular complexity index is 1100. The Hall–Kier alpha value is -1.39. The van der Waals surface area contributed by atoms with Crippen molar-refractivity contribution in [2.24, 2.45) is 39.5 Å². The van der Waals surface area contributed by atoms with E-state index in [1.807, 2.05) is 12.1 Å². The maximum atomic E-state index is 13.8. The van der Waals surface area contributed by atoms with Crippen LogP contribution in [0.2, 0.25) is 10.0 Å². The van der Waals surface area contributed by atoms with Crippen molar-refractivity contribution in [3.63, 3.8) is 0 Å². The van der Waals surface area contributed by atoms with E-state index >= 15 is 0 Å². The predicted molar refractivity (Wildman–Crippen MR) is 135 cm³/mol. The Labute approximate surface area is 212 Å². The van der Waals surface area contributed by atoms with Crippen molar-refractivity contribution in [3.05, 3.63) is 33.8 Å². The molecule has 6 rings (SSSR count). The fraction of sp³-hybridized carbons (Fsp3) is 0.679. The first-order chi connectivity index (χ1) is 16.2. The molecule has 1 heterocycles. The maximum Gasteiger partial charge on any atom is 0.224 e. The SMILES string of the molecule is C[C@]12CCC(=O)CC1=NC[C@@H]1[C@H]2CC[C@]2(C)C(C(=O)NC3(c4ccc(Cl)cc4Cl)CC3)CC[C@@H]12. The average Bonchev–Trinajstić information content (AvgIpc) is 3.46. The molecule has 0 bridgehead atoms. The molecule has 4 aliphatic carbocycles. The van der Waals surface area contributed by atoms with Gasteiger partial charge in [-0.25, -0.2) is 0 Å². The third-order valence-corrected chi connectivity index (χ3v) is 11.1. The fourth-order valence-electron chi connectivity index (χ4n) is 8.42. The largest absolute Gasteiger partial charge is 0.346 e. The number of carbonyl (C=O) groups is 2. The van der Waals surface area contributed by atoms with Gasteiger partial charge < -0.3 is 5.32 Å². The summed E-state index contributed by atoms with van der Waals surface area (Å²) in [4.78, 5) is 30.9. The quantitative estimate of drug-likeness (QED) is 0.523. The minimum Gasteiger partial charge on any atom is -0.346 e. The molecule has 1 aromatic rings. The molecule has 6 atom stereocenters. The van der Waals surface area contributed by atoms with Gasteiger partial charge in [-0.1, -0.05) is 43.1 Å². The highest BCUT2D eigenvalue weighted by Crippen LogP contribution is 2.64. The Balaban J connectivity index is 1.23. The van der Waals surface area contributed by atoms with Gasteiger partial charge in [-0.3, -0.25) is 14.6 Å². The highest BCUT2D eigenvalue weighted by Gasteiger charge is 2.61. The lowest BCUT2D eigenvalue weighted by molar-refractivity contribution is -0.133. The summed E-state index contributed by atoms with van der Waals surface area (Å²) in [5.74, 6) is 2.23. The summed E-state index contributed by atoms with van der Waals surface area (Å²) in [6.45, 7) is 5.57. The molecule has 4 fully saturated rings. The Kier molecular flexibility index (Phi) is 5.29. The first-order valence-corrected chi connectivity index (χ1v) is 13.7. The summed E-state index contributed by atoms with van der Waals surface area (Å²) in [7, 11) is 0. The first kappa shape index (κ1) is 23.0. The van der Waals surface area contributed by atoms with Gasteiger partial charge in [0.15, 0.2) is 0 Å². The molecular weight excluding hydrogens is 467 g/mol. The molecule has 0 saturated heterocycles. The van der Waals surface area contributed by atoms with Gasteiger partial charge in [0.2, 0.25) is 5.91 Å². The lowest BCUT2D eigenvalue weighted by atomic mass is 9.49. The van der Waals surface area contributed by atoms with Crippen LogP contribution in [0.25, 0.3) is 0 Å². The number of rotatable bonds is 3. The number of Topliss-reactive ketones (excluding diaryl/α,β-unsaturated/α-hetero) is 1. The second kappa shape index (κ2) is 7.80. The number of nitrogens with zero attached hydrogens (tertiary/aromatic N) is 1. The molecule has 0 radical (unpaired) electrons. The summed E-state index contributed by atoms with van der Waals surface area (Å²) in [5.41, 5.74) is 1.90. The molecule has 0 aromatic heterocycles. The molecule has 4 nitrogen and oxygen atoms in total. The minimum absolute atomic E-state index is 0.0129. The second-order valence-corrected chi connectivity index (χ2v) is 13.0. The van der Waals surface area contributed by atoms with Gasteiger partial charge >= 0.3 is 0 Å². The van der Waals surface area contributed by atoms with Gasteiger partial charge in [-0.05, 0) is 85.8 Å². The van der Waals surface area contributed by atoms with Gasteiger partial charge in [-0.2, -0.15) is 0 Å². The van der Waals surface area contributed by atoms with E-state index in [2.05, 4.69) is 19.2 Å². The molecule has 4 saturated carbocycles. The topological polar surface area (TPSA) is 58.5 Å². The van der Waals surface area contributed by atoms with E-state index in [0.29, 0.717) is 46.4 Å². The zero-order valence-corrected chi connectivity index (χ0v) is 21.6. The van der Waals surface area contributed by atoms with Gasteiger partial charge in [0.25, 0.3) is 0 Å². The third kappa shape index (κ3) is 3.34. The monoisotopic (exact) mass is 500 g/mol. The lowest BCUT2D eigenvalue weighted by Crippen LogP contribution is -2.55. The number of amides is 1. The summed E-state index contributed by atoms with van der Waals surface area (Å²) in [6.07, 6.45) is 8.32. The van der Waals surface area contributed by atoms with Crippen LogP contribution in [0.4, 0.5) is 0 Å². The van der Waals surface area contributed by atoms with Gasteiger partial charge in [0.05, 0.1) is 5.54 Å². The molecule has 1 aromatic carbocycles. The number of benzene rings is 1. The Morgan fingerprint density at radius 1 is 1.06 bits per heavy atom. The zero-order chi connectivity index (χ0) is 23.9. The van der Waals surface area contributed by atoms with E-state index in [1.165, 1.54) is 0 Å². The number of hydrogen-bond donors (Lipinski definition) is 1. The van der Waals surface area contributed by atoms with Crippen molar-refractivity contribution in [2.75, 3.05) is 6.54 Å². The summed E-state index contributed by atoms with van der Waals surface area (Å²) in [5, 5.41) is 4.70. The number of carbonyl (C=O) groups excluding carboxylic acids is 2. The van der Waals surface area contributed by atoms with Crippen molar-refractivity contribution < 1.29 is 9.59 Å². The van der Waals surface area contributed by atoms with Crippen molar-refractivity contribution in [2.45, 2.75) is 77.2 Å².